The van der Waals surface area contributed by atoms with E-state index in [9.17, 15) is 8.78 Å². The summed E-state index contributed by atoms with van der Waals surface area (Å²) in [6.07, 6.45) is 2.17. The molecule has 24 heavy (non-hydrogen) atoms. The average Bonchev–Trinajstić information content (AvgIpc) is 3.12. The second kappa shape index (κ2) is 6.15. The van der Waals surface area contributed by atoms with E-state index in [0.29, 0.717) is 17.5 Å². The van der Waals surface area contributed by atoms with Gasteiger partial charge < -0.3 is 4.74 Å². The molecular formula is C16H13F2N5O. The first-order valence-corrected chi connectivity index (χ1v) is 6.96. The summed E-state index contributed by atoms with van der Waals surface area (Å²) in [7, 11) is 1.39. The molecule has 0 aliphatic rings. The molecule has 0 N–H and O–H groups in total. The van der Waals surface area contributed by atoms with Crippen molar-refractivity contribution in [1.82, 2.24) is 25.2 Å². The maximum atomic E-state index is 13.9. The van der Waals surface area contributed by atoms with E-state index >= 15 is 0 Å². The van der Waals surface area contributed by atoms with Crippen LogP contribution in [0.15, 0.2) is 55.3 Å². The van der Waals surface area contributed by atoms with Gasteiger partial charge in [0.2, 0.25) is 5.82 Å². The zero-order valence-corrected chi connectivity index (χ0v) is 12.7. The highest BCUT2D eigenvalue weighted by Crippen LogP contribution is 2.33. The number of hydrogen-bond donors (Lipinski definition) is 0. The Morgan fingerprint density at radius 2 is 2.08 bits per heavy atom. The molecule has 3 rings (SSSR count). The molecule has 2 aromatic heterocycles. The van der Waals surface area contributed by atoms with Crippen molar-refractivity contribution >= 4 is 0 Å². The summed E-state index contributed by atoms with van der Waals surface area (Å²) in [6.45, 7) is 3.16. The third-order valence-electron chi connectivity index (χ3n) is 3.31. The molecule has 0 aliphatic heterocycles. The lowest BCUT2D eigenvalue weighted by Gasteiger charge is -2.14. The van der Waals surface area contributed by atoms with Crippen LogP contribution in [0.1, 0.15) is 5.56 Å². The molecular weight excluding hydrogens is 316 g/mol. The lowest BCUT2D eigenvalue weighted by atomic mass is 10.1. The number of methoxy groups -OCH3 is 1. The fourth-order valence-corrected chi connectivity index (χ4v) is 2.05. The minimum Gasteiger partial charge on any atom is -0.497 e. The molecule has 0 unspecified atom stereocenters. The van der Waals surface area contributed by atoms with Gasteiger partial charge in [-0.2, -0.15) is 8.78 Å². The van der Waals surface area contributed by atoms with E-state index in [4.69, 9.17) is 4.74 Å². The molecule has 0 fully saturated rings. The van der Waals surface area contributed by atoms with Crippen molar-refractivity contribution in [3.8, 4) is 23.0 Å². The van der Waals surface area contributed by atoms with Crippen LogP contribution < -0.4 is 4.74 Å². The Morgan fingerprint density at radius 1 is 1.25 bits per heavy atom. The molecule has 122 valence electrons. The number of rotatable bonds is 5. The largest absolute Gasteiger partial charge is 0.497 e. The number of ether oxygens (including phenoxy) is 1. The van der Waals surface area contributed by atoms with Gasteiger partial charge in [-0.25, -0.2) is 0 Å². The Kier molecular flexibility index (Phi) is 4.03. The first-order valence-electron chi connectivity index (χ1n) is 6.96. The summed E-state index contributed by atoms with van der Waals surface area (Å²) in [5.74, 6) is -2.66. The Hall–Kier alpha value is -3.16. The summed E-state index contributed by atoms with van der Waals surface area (Å²) >= 11 is 0. The molecule has 0 bridgehead atoms. The topological polar surface area (TPSA) is 65.7 Å². The van der Waals surface area contributed by atoms with Crippen molar-refractivity contribution in [2.75, 3.05) is 7.11 Å². The van der Waals surface area contributed by atoms with Gasteiger partial charge in [0.15, 0.2) is 0 Å². The third kappa shape index (κ3) is 2.98. The zero-order chi connectivity index (χ0) is 17.2. The van der Waals surface area contributed by atoms with Crippen molar-refractivity contribution in [1.29, 1.82) is 0 Å². The van der Waals surface area contributed by atoms with Crippen molar-refractivity contribution < 1.29 is 13.5 Å². The van der Waals surface area contributed by atoms with Crippen LogP contribution in [0, 0.1) is 0 Å². The van der Waals surface area contributed by atoms with E-state index < -0.39 is 5.92 Å². The van der Waals surface area contributed by atoms with Gasteiger partial charge in [-0.15, -0.1) is 15.0 Å². The van der Waals surface area contributed by atoms with Crippen LogP contribution in [-0.2, 0) is 5.92 Å². The van der Waals surface area contributed by atoms with Gasteiger partial charge >= 0.3 is 0 Å². The number of alkyl halides is 2. The second-order valence-electron chi connectivity index (χ2n) is 4.86. The highest BCUT2D eigenvalue weighted by Gasteiger charge is 2.28. The van der Waals surface area contributed by atoms with E-state index in [0.717, 1.165) is 4.80 Å². The number of allylic oxidation sites excluding steroid dienone is 1. The maximum absolute atomic E-state index is 13.9. The monoisotopic (exact) mass is 329 g/mol. The maximum Gasteiger partial charge on any atom is 0.291 e. The van der Waals surface area contributed by atoms with Crippen molar-refractivity contribution in [2.24, 2.45) is 0 Å². The second-order valence-corrected chi connectivity index (χ2v) is 4.86. The van der Waals surface area contributed by atoms with Gasteiger partial charge in [0, 0.05) is 17.8 Å². The highest BCUT2D eigenvalue weighted by molar-refractivity contribution is 5.48. The van der Waals surface area contributed by atoms with Crippen LogP contribution in [0.2, 0.25) is 0 Å². The number of aromatic nitrogens is 5. The summed E-state index contributed by atoms with van der Waals surface area (Å²) in [5, 5.41) is 12.0. The normalized spacial score (nSPS) is 11.3. The third-order valence-corrected chi connectivity index (χ3v) is 3.31. The van der Waals surface area contributed by atoms with Gasteiger partial charge in [-0.1, -0.05) is 12.6 Å². The van der Waals surface area contributed by atoms with Crippen LogP contribution >= 0.6 is 0 Å². The van der Waals surface area contributed by atoms with Crippen molar-refractivity contribution in [3.63, 3.8) is 0 Å². The molecule has 0 aliphatic carbocycles. The summed E-state index contributed by atoms with van der Waals surface area (Å²) in [5.41, 5.74) is 0.549. The predicted octanol–water partition coefficient (Wildman–Crippen LogP) is 3.01. The molecule has 6 nitrogen and oxygen atoms in total. The lowest BCUT2D eigenvalue weighted by molar-refractivity contribution is 0.0523. The fourth-order valence-electron chi connectivity index (χ4n) is 2.05. The van der Waals surface area contributed by atoms with E-state index in [2.05, 4.69) is 27.0 Å². The number of nitrogens with zero attached hydrogens (tertiary/aromatic N) is 5. The minimum atomic E-state index is -3.20. The SMILES string of the molecule is C=CC(F)(F)c1cc(OC)cc(-n2nnc(-c3ccccn3)n2)c1. The van der Waals surface area contributed by atoms with E-state index in [-0.39, 0.29) is 17.1 Å². The number of hydrogen-bond acceptors (Lipinski definition) is 5. The van der Waals surface area contributed by atoms with Crippen LogP contribution in [-0.4, -0.2) is 32.3 Å². The van der Waals surface area contributed by atoms with Gasteiger partial charge in [-0.05, 0) is 35.6 Å². The van der Waals surface area contributed by atoms with Crippen molar-refractivity contribution in [3.05, 3.63) is 60.8 Å². The Balaban J connectivity index is 2.05. The summed E-state index contributed by atoms with van der Waals surface area (Å²) in [4.78, 5) is 5.27. The van der Waals surface area contributed by atoms with Crippen LogP contribution in [0.25, 0.3) is 17.2 Å². The molecule has 0 saturated carbocycles. The highest BCUT2D eigenvalue weighted by atomic mass is 19.3. The molecule has 0 radical (unpaired) electrons. The molecule has 1 aromatic carbocycles. The first kappa shape index (κ1) is 15.7. The molecule has 0 atom stereocenters. The van der Waals surface area contributed by atoms with Crippen LogP contribution in [0.4, 0.5) is 8.78 Å². The number of halogens is 2. The molecule has 0 amide bonds. The minimum absolute atomic E-state index is 0.251. The summed E-state index contributed by atoms with van der Waals surface area (Å²) < 4.78 is 32.9. The van der Waals surface area contributed by atoms with Crippen LogP contribution in [0.3, 0.4) is 0 Å². The number of benzene rings is 1. The quantitative estimate of drug-likeness (QED) is 0.673. The van der Waals surface area contributed by atoms with Crippen molar-refractivity contribution in [2.45, 2.75) is 5.92 Å². The smallest absolute Gasteiger partial charge is 0.291 e. The molecule has 0 saturated heterocycles. The molecule has 8 heteroatoms. The molecule has 2 heterocycles. The van der Waals surface area contributed by atoms with Gasteiger partial charge in [0.25, 0.3) is 5.92 Å². The Morgan fingerprint density at radius 3 is 2.75 bits per heavy atom. The van der Waals surface area contributed by atoms with Crippen LogP contribution in [0.5, 0.6) is 5.75 Å². The lowest BCUT2D eigenvalue weighted by Crippen LogP contribution is -2.11. The number of tetrazole rings is 1. The van der Waals surface area contributed by atoms with Gasteiger partial charge in [0.05, 0.1) is 12.8 Å². The van der Waals surface area contributed by atoms with E-state index in [1.165, 1.54) is 25.3 Å². The molecule has 3 aromatic rings. The zero-order valence-electron chi connectivity index (χ0n) is 12.7. The van der Waals surface area contributed by atoms with Gasteiger partial charge in [0.1, 0.15) is 11.4 Å². The predicted molar refractivity (Wildman–Crippen MR) is 83.0 cm³/mol. The Bertz CT molecular complexity index is 864. The summed E-state index contributed by atoms with van der Waals surface area (Å²) in [6, 6.07) is 9.31. The number of pyridine rings is 1. The van der Waals surface area contributed by atoms with E-state index in [1.807, 2.05) is 0 Å². The van der Waals surface area contributed by atoms with E-state index in [1.54, 1.807) is 24.4 Å². The van der Waals surface area contributed by atoms with Gasteiger partial charge in [-0.3, -0.25) is 4.98 Å². The molecule has 0 spiro atoms. The fraction of sp³-hybridized carbons (Fsp3) is 0.125. The first-order chi connectivity index (χ1) is 11.5. The average molecular weight is 329 g/mol. The standard InChI is InChI=1S/C16H13F2N5O/c1-3-16(17,18)11-8-12(10-13(9-11)24-2)23-21-15(20-22-23)14-6-4-5-7-19-14/h3-10H,1H2,2H3. The Labute approximate surface area is 136 Å².